The molecular formula is C16H18O3. The van der Waals surface area contributed by atoms with Crippen LogP contribution in [0.4, 0.5) is 0 Å². The minimum Gasteiger partial charge on any atom is -0.508 e. The second-order valence-electron chi connectivity index (χ2n) is 5.59. The molecule has 0 aliphatic heterocycles. The molecule has 1 aromatic carbocycles. The van der Waals surface area contributed by atoms with Gasteiger partial charge in [-0.1, -0.05) is 6.07 Å². The molecule has 19 heavy (non-hydrogen) atoms. The van der Waals surface area contributed by atoms with E-state index in [1.165, 1.54) is 0 Å². The van der Waals surface area contributed by atoms with Crippen LogP contribution in [0.25, 0.3) is 5.57 Å². The third-order valence-electron chi connectivity index (χ3n) is 4.44. The van der Waals surface area contributed by atoms with Crippen LogP contribution in [-0.4, -0.2) is 22.6 Å². The molecule has 0 heterocycles. The zero-order chi connectivity index (χ0) is 13.6. The molecular weight excluding hydrogens is 240 g/mol. The molecule has 0 amide bonds. The minimum absolute atomic E-state index is 0.0401. The molecule has 0 radical (unpaired) electrons. The molecule has 100 valence electrons. The molecule has 2 N–H and O–H groups in total. The number of phenolic OH excluding ortho intramolecular Hbond substituents is 1. The summed E-state index contributed by atoms with van der Waals surface area (Å²) in [7, 11) is 0. The first kappa shape index (κ1) is 12.4. The Morgan fingerprint density at radius 3 is 2.89 bits per heavy atom. The van der Waals surface area contributed by atoms with Gasteiger partial charge in [-0.3, -0.25) is 4.79 Å². The summed E-state index contributed by atoms with van der Waals surface area (Å²) < 4.78 is 0. The van der Waals surface area contributed by atoms with E-state index in [1.54, 1.807) is 12.1 Å². The zero-order valence-corrected chi connectivity index (χ0v) is 11.0. The molecule has 0 saturated carbocycles. The fourth-order valence-corrected chi connectivity index (χ4v) is 3.60. The molecule has 0 bridgehead atoms. The van der Waals surface area contributed by atoms with Crippen molar-refractivity contribution in [1.29, 1.82) is 0 Å². The highest BCUT2D eigenvalue weighted by Crippen LogP contribution is 2.47. The van der Waals surface area contributed by atoms with Gasteiger partial charge < -0.3 is 10.2 Å². The number of aliphatic hydroxyl groups is 1. The van der Waals surface area contributed by atoms with Crippen LogP contribution in [0.2, 0.25) is 0 Å². The first-order chi connectivity index (χ1) is 9.11. The molecule has 2 atom stereocenters. The van der Waals surface area contributed by atoms with Gasteiger partial charge in [-0.2, -0.15) is 0 Å². The highest BCUT2D eigenvalue weighted by atomic mass is 16.3. The van der Waals surface area contributed by atoms with Gasteiger partial charge in [0.05, 0.1) is 0 Å². The van der Waals surface area contributed by atoms with Gasteiger partial charge in [-0.15, -0.1) is 0 Å². The fraction of sp³-hybridized carbons (Fsp3) is 0.438. The molecule has 2 aliphatic carbocycles. The first-order valence-corrected chi connectivity index (χ1v) is 6.80. The minimum atomic E-state index is -0.0401. The summed E-state index contributed by atoms with van der Waals surface area (Å²) in [5.74, 6) is 0.794. The number of ketones is 1. The number of carbonyl (C=O) groups is 1. The normalized spacial score (nSPS) is 25.5. The predicted molar refractivity (Wildman–Crippen MR) is 72.7 cm³/mol. The maximum absolute atomic E-state index is 12.3. The van der Waals surface area contributed by atoms with E-state index in [9.17, 15) is 9.90 Å². The summed E-state index contributed by atoms with van der Waals surface area (Å²) in [4.78, 5) is 12.3. The van der Waals surface area contributed by atoms with Crippen LogP contribution in [0.1, 0.15) is 30.9 Å². The Bertz CT molecular complexity index is 571. The zero-order valence-electron chi connectivity index (χ0n) is 11.0. The summed E-state index contributed by atoms with van der Waals surface area (Å²) in [6, 6.07) is 5.41. The van der Waals surface area contributed by atoms with Crippen LogP contribution in [0.5, 0.6) is 5.75 Å². The number of aromatic hydroxyl groups is 1. The van der Waals surface area contributed by atoms with Crippen molar-refractivity contribution in [2.75, 3.05) is 6.61 Å². The van der Waals surface area contributed by atoms with E-state index in [0.717, 1.165) is 35.1 Å². The van der Waals surface area contributed by atoms with Crippen molar-refractivity contribution in [2.24, 2.45) is 11.8 Å². The van der Waals surface area contributed by atoms with Crippen molar-refractivity contribution in [3.8, 4) is 5.75 Å². The van der Waals surface area contributed by atoms with Crippen molar-refractivity contribution in [3.05, 3.63) is 34.9 Å². The molecule has 0 saturated heterocycles. The van der Waals surface area contributed by atoms with E-state index >= 15 is 0 Å². The molecule has 2 aliphatic rings. The molecule has 3 nitrogen and oxygen atoms in total. The van der Waals surface area contributed by atoms with E-state index in [0.29, 0.717) is 12.3 Å². The predicted octanol–water partition coefficient (Wildman–Crippen LogP) is 2.31. The lowest BCUT2D eigenvalue weighted by Crippen LogP contribution is -2.26. The van der Waals surface area contributed by atoms with Crippen molar-refractivity contribution >= 4 is 11.4 Å². The topological polar surface area (TPSA) is 57.5 Å². The van der Waals surface area contributed by atoms with Crippen molar-refractivity contribution in [1.82, 2.24) is 0 Å². The van der Waals surface area contributed by atoms with Gasteiger partial charge in [0.15, 0.2) is 5.78 Å². The molecule has 3 heteroatoms. The Morgan fingerprint density at radius 2 is 2.16 bits per heavy atom. The Kier molecular flexibility index (Phi) is 2.94. The number of aliphatic hydroxyl groups excluding tert-OH is 1. The summed E-state index contributed by atoms with van der Waals surface area (Å²) in [6.45, 7) is 1.97. The fourth-order valence-electron chi connectivity index (χ4n) is 3.60. The summed E-state index contributed by atoms with van der Waals surface area (Å²) >= 11 is 0. The Morgan fingerprint density at radius 1 is 1.37 bits per heavy atom. The van der Waals surface area contributed by atoms with E-state index in [4.69, 9.17) is 5.11 Å². The van der Waals surface area contributed by atoms with E-state index in [2.05, 4.69) is 0 Å². The van der Waals surface area contributed by atoms with Crippen LogP contribution < -0.4 is 0 Å². The summed E-state index contributed by atoms with van der Waals surface area (Å²) in [6.07, 6.45) is 2.27. The van der Waals surface area contributed by atoms with Gasteiger partial charge in [-0.25, -0.2) is 0 Å². The molecule has 0 fully saturated rings. The van der Waals surface area contributed by atoms with Crippen LogP contribution in [-0.2, 0) is 11.2 Å². The second kappa shape index (κ2) is 4.49. The van der Waals surface area contributed by atoms with Crippen molar-refractivity contribution in [3.63, 3.8) is 0 Å². The summed E-state index contributed by atoms with van der Waals surface area (Å²) in [5, 5.41) is 18.6. The van der Waals surface area contributed by atoms with Crippen molar-refractivity contribution < 1.29 is 15.0 Å². The molecule has 1 aromatic rings. The van der Waals surface area contributed by atoms with Gasteiger partial charge in [0.2, 0.25) is 0 Å². The number of fused-ring (bicyclic) bond motifs is 3. The number of benzene rings is 1. The lowest BCUT2D eigenvalue weighted by molar-refractivity contribution is -0.120. The molecule has 0 spiro atoms. The highest BCUT2D eigenvalue weighted by Gasteiger charge is 2.38. The summed E-state index contributed by atoms with van der Waals surface area (Å²) in [5.41, 5.74) is 4.27. The van der Waals surface area contributed by atoms with E-state index in [-0.39, 0.29) is 24.1 Å². The number of carbonyl (C=O) groups excluding carboxylic acids is 1. The third-order valence-corrected chi connectivity index (χ3v) is 4.44. The van der Waals surface area contributed by atoms with Gasteiger partial charge in [0.25, 0.3) is 0 Å². The average Bonchev–Trinajstić information content (AvgIpc) is 2.73. The second-order valence-corrected chi connectivity index (χ2v) is 5.59. The number of hydrogen-bond acceptors (Lipinski definition) is 3. The smallest absolute Gasteiger partial charge is 0.162 e. The lowest BCUT2D eigenvalue weighted by Gasteiger charge is -2.27. The Hall–Kier alpha value is -1.61. The monoisotopic (exact) mass is 258 g/mol. The number of hydrogen-bond donors (Lipinski definition) is 2. The first-order valence-electron chi connectivity index (χ1n) is 6.80. The molecule has 1 unspecified atom stereocenters. The largest absolute Gasteiger partial charge is 0.508 e. The van der Waals surface area contributed by atoms with Gasteiger partial charge in [0, 0.05) is 12.5 Å². The van der Waals surface area contributed by atoms with Gasteiger partial charge in [-0.05, 0) is 66.5 Å². The maximum atomic E-state index is 12.3. The number of phenols is 1. The number of allylic oxidation sites excluding steroid dienone is 2. The molecule has 3 rings (SSSR count). The van der Waals surface area contributed by atoms with Gasteiger partial charge in [0.1, 0.15) is 5.75 Å². The van der Waals surface area contributed by atoms with Crippen LogP contribution in [0.3, 0.4) is 0 Å². The maximum Gasteiger partial charge on any atom is 0.162 e. The SMILES string of the molecule is CC1=C2c3ccc(O)cc3CC2C[C@H](CCO)C1=O. The highest BCUT2D eigenvalue weighted by molar-refractivity contribution is 6.06. The van der Waals surface area contributed by atoms with Crippen molar-refractivity contribution in [2.45, 2.75) is 26.2 Å². The number of rotatable bonds is 2. The lowest BCUT2D eigenvalue weighted by atomic mass is 9.75. The van der Waals surface area contributed by atoms with E-state index in [1.807, 2.05) is 13.0 Å². The Labute approximate surface area is 112 Å². The van der Waals surface area contributed by atoms with Crippen LogP contribution >= 0.6 is 0 Å². The van der Waals surface area contributed by atoms with E-state index < -0.39 is 0 Å². The third kappa shape index (κ3) is 1.89. The van der Waals surface area contributed by atoms with Crippen LogP contribution in [0.15, 0.2) is 23.8 Å². The van der Waals surface area contributed by atoms with Crippen LogP contribution in [0, 0.1) is 11.8 Å². The standard InChI is InChI=1S/C16H18O3/c1-9-15-12(6-10(4-5-17)16(9)19)7-11-8-13(18)2-3-14(11)15/h2-3,8,10,12,17-18H,4-7H2,1H3/t10-,12?/m0/s1. The molecule has 0 aromatic heterocycles. The quantitative estimate of drug-likeness (QED) is 0.855. The average molecular weight is 258 g/mol. The number of Topliss-reactive ketones (excluding diaryl/α,β-unsaturated/α-hetero) is 1. The Balaban J connectivity index is 2.04. The van der Waals surface area contributed by atoms with Gasteiger partial charge >= 0.3 is 0 Å².